The SMILES string of the molecule is Cc1ccc(-c2ccc3nc(NC(=O)C4CC4)sc3n2)cc1NC(=O)N1OCC[C@H]1c1ccc(C#N)cc1. The van der Waals surface area contributed by atoms with E-state index in [0.717, 1.165) is 45.6 Å². The molecule has 0 radical (unpaired) electrons. The average Bonchev–Trinajstić information content (AvgIpc) is 3.53. The molecule has 38 heavy (non-hydrogen) atoms. The molecule has 1 aliphatic carbocycles. The van der Waals surface area contributed by atoms with Crippen LogP contribution in [-0.2, 0) is 9.63 Å². The summed E-state index contributed by atoms with van der Waals surface area (Å²) >= 11 is 1.35. The predicted octanol–water partition coefficient (Wildman–Crippen LogP) is 5.80. The summed E-state index contributed by atoms with van der Waals surface area (Å²) in [5, 5.41) is 16.9. The highest BCUT2D eigenvalue weighted by atomic mass is 32.1. The molecule has 2 N–H and O–H groups in total. The lowest BCUT2D eigenvalue weighted by Gasteiger charge is -2.23. The molecule has 6 rings (SSSR count). The van der Waals surface area contributed by atoms with Gasteiger partial charge in [-0.15, -0.1) is 0 Å². The van der Waals surface area contributed by atoms with E-state index in [-0.39, 0.29) is 23.9 Å². The van der Waals surface area contributed by atoms with Crippen molar-refractivity contribution in [1.82, 2.24) is 15.0 Å². The van der Waals surface area contributed by atoms with Gasteiger partial charge in [-0.2, -0.15) is 10.3 Å². The average molecular weight is 525 g/mol. The molecule has 2 aliphatic rings. The molecule has 4 aromatic rings. The van der Waals surface area contributed by atoms with Gasteiger partial charge in [-0.05, 0) is 61.2 Å². The van der Waals surface area contributed by atoms with Crippen LogP contribution in [0.2, 0.25) is 0 Å². The zero-order valence-electron chi connectivity index (χ0n) is 20.6. The van der Waals surface area contributed by atoms with Gasteiger partial charge >= 0.3 is 6.03 Å². The summed E-state index contributed by atoms with van der Waals surface area (Å²) in [5.41, 5.74) is 5.36. The Kier molecular flexibility index (Phi) is 6.23. The van der Waals surface area contributed by atoms with Crippen molar-refractivity contribution in [2.24, 2.45) is 5.92 Å². The van der Waals surface area contributed by atoms with Crippen molar-refractivity contribution in [2.75, 3.05) is 17.2 Å². The number of hydrogen-bond acceptors (Lipinski definition) is 7. The molecule has 3 heterocycles. The van der Waals surface area contributed by atoms with Gasteiger partial charge in [-0.25, -0.2) is 14.8 Å². The Bertz CT molecular complexity index is 1590. The van der Waals surface area contributed by atoms with Crippen molar-refractivity contribution in [2.45, 2.75) is 32.2 Å². The number of carbonyl (C=O) groups is 2. The van der Waals surface area contributed by atoms with Gasteiger partial charge in [0.2, 0.25) is 5.91 Å². The lowest BCUT2D eigenvalue weighted by atomic mass is 10.0. The fraction of sp³-hybridized carbons (Fsp3) is 0.250. The summed E-state index contributed by atoms with van der Waals surface area (Å²) in [6.45, 7) is 2.36. The normalized spacial score (nSPS) is 16.8. The minimum atomic E-state index is -0.362. The number of hydroxylamine groups is 2. The Morgan fingerprint density at radius 2 is 1.87 bits per heavy atom. The lowest BCUT2D eigenvalue weighted by Crippen LogP contribution is -2.33. The van der Waals surface area contributed by atoms with Gasteiger partial charge in [0.1, 0.15) is 10.3 Å². The zero-order valence-corrected chi connectivity index (χ0v) is 21.4. The highest BCUT2D eigenvalue weighted by Gasteiger charge is 2.32. The number of urea groups is 1. The number of fused-ring (bicyclic) bond motifs is 1. The molecule has 2 aromatic carbocycles. The van der Waals surface area contributed by atoms with E-state index in [4.69, 9.17) is 15.1 Å². The number of carbonyl (C=O) groups excluding carboxylic acids is 2. The number of pyridine rings is 1. The van der Waals surface area contributed by atoms with E-state index in [2.05, 4.69) is 21.7 Å². The minimum Gasteiger partial charge on any atom is -0.306 e. The van der Waals surface area contributed by atoms with Crippen molar-refractivity contribution >= 4 is 44.4 Å². The van der Waals surface area contributed by atoms with E-state index in [1.54, 1.807) is 12.1 Å². The Morgan fingerprint density at radius 1 is 1.05 bits per heavy atom. The highest BCUT2D eigenvalue weighted by molar-refractivity contribution is 7.22. The van der Waals surface area contributed by atoms with Crippen LogP contribution in [-0.4, -0.2) is 33.6 Å². The van der Waals surface area contributed by atoms with Crippen LogP contribution in [0.4, 0.5) is 15.6 Å². The first kappa shape index (κ1) is 24.0. The van der Waals surface area contributed by atoms with Crippen LogP contribution in [0.25, 0.3) is 21.6 Å². The molecule has 1 saturated heterocycles. The van der Waals surface area contributed by atoms with Gasteiger partial charge in [-0.3, -0.25) is 9.63 Å². The van der Waals surface area contributed by atoms with Crippen LogP contribution in [0.3, 0.4) is 0 Å². The number of nitrogens with one attached hydrogen (secondary N) is 2. The Morgan fingerprint density at radius 3 is 2.63 bits per heavy atom. The van der Waals surface area contributed by atoms with E-state index in [1.165, 1.54) is 16.4 Å². The van der Waals surface area contributed by atoms with Crippen LogP contribution in [0, 0.1) is 24.2 Å². The van der Waals surface area contributed by atoms with Crippen molar-refractivity contribution < 1.29 is 14.4 Å². The number of thiazole rings is 1. The Hall–Kier alpha value is -4.33. The molecule has 0 spiro atoms. The van der Waals surface area contributed by atoms with Crippen molar-refractivity contribution in [3.05, 3.63) is 71.3 Å². The van der Waals surface area contributed by atoms with Gasteiger partial charge in [-0.1, -0.05) is 35.6 Å². The van der Waals surface area contributed by atoms with E-state index in [1.807, 2.05) is 49.4 Å². The number of rotatable bonds is 5. The standard InChI is InChI=1S/C28H24N6O3S/c1-16-2-5-20(21-10-11-22-26(30-21)38-27(31-22)33-25(35)19-8-9-19)14-23(16)32-28(36)34-24(12-13-37-34)18-6-3-17(15-29)4-7-18/h2-7,10-11,14,19,24H,8-9,12-13H2,1H3,(H,32,36)(H,31,33,35)/t24-/m0/s1. The topological polar surface area (TPSA) is 120 Å². The van der Waals surface area contributed by atoms with Crippen LogP contribution in [0.5, 0.6) is 0 Å². The number of hydrogen-bond donors (Lipinski definition) is 2. The summed E-state index contributed by atoms with van der Waals surface area (Å²) in [4.78, 5) is 41.0. The molecule has 2 fully saturated rings. The van der Waals surface area contributed by atoms with E-state index < -0.39 is 0 Å². The maximum atomic E-state index is 13.2. The summed E-state index contributed by atoms with van der Waals surface area (Å²) in [7, 11) is 0. The summed E-state index contributed by atoms with van der Waals surface area (Å²) in [5.74, 6) is 0.128. The first-order valence-corrected chi connectivity index (χ1v) is 13.2. The largest absolute Gasteiger partial charge is 0.346 e. The molecular weight excluding hydrogens is 500 g/mol. The van der Waals surface area contributed by atoms with Gasteiger partial charge < -0.3 is 10.6 Å². The molecule has 9 nitrogen and oxygen atoms in total. The Labute approximate surface area is 223 Å². The fourth-order valence-electron chi connectivity index (χ4n) is 4.42. The summed E-state index contributed by atoms with van der Waals surface area (Å²) in [6.07, 6.45) is 2.54. The van der Waals surface area contributed by atoms with E-state index in [0.29, 0.717) is 29.4 Å². The third-order valence-corrected chi connectivity index (χ3v) is 7.62. The highest BCUT2D eigenvalue weighted by Crippen LogP contribution is 2.34. The molecule has 10 heteroatoms. The molecule has 0 unspecified atom stereocenters. The maximum absolute atomic E-state index is 13.2. The Balaban J connectivity index is 1.21. The monoisotopic (exact) mass is 524 g/mol. The number of aromatic nitrogens is 2. The quantitative estimate of drug-likeness (QED) is 0.341. The second kappa shape index (κ2) is 9.85. The molecule has 0 bridgehead atoms. The van der Waals surface area contributed by atoms with Crippen molar-refractivity contribution in [3.8, 4) is 17.3 Å². The number of aryl methyl sites for hydroxylation is 1. The first-order valence-electron chi connectivity index (χ1n) is 12.4. The van der Waals surface area contributed by atoms with Crippen LogP contribution in [0.15, 0.2) is 54.6 Å². The number of nitriles is 1. The molecular formula is C28H24N6O3S. The van der Waals surface area contributed by atoms with Crippen LogP contribution in [0.1, 0.15) is 42.0 Å². The van der Waals surface area contributed by atoms with Gasteiger partial charge in [0, 0.05) is 23.6 Å². The van der Waals surface area contributed by atoms with Gasteiger partial charge in [0.15, 0.2) is 5.13 Å². The smallest absolute Gasteiger partial charge is 0.306 e. The maximum Gasteiger partial charge on any atom is 0.346 e. The predicted molar refractivity (Wildman–Crippen MR) is 144 cm³/mol. The first-order chi connectivity index (χ1) is 18.5. The number of benzene rings is 2. The van der Waals surface area contributed by atoms with Gasteiger partial charge in [0.25, 0.3) is 0 Å². The zero-order chi connectivity index (χ0) is 26.2. The molecule has 2 aromatic heterocycles. The molecule has 1 atom stereocenters. The lowest BCUT2D eigenvalue weighted by molar-refractivity contribution is -0.117. The van der Waals surface area contributed by atoms with Crippen molar-refractivity contribution in [1.29, 1.82) is 5.26 Å². The summed E-state index contributed by atoms with van der Waals surface area (Å²) in [6, 6.07) is 18.3. The summed E-state index contributed by atoms with van der Waals surface area (Å²) < 4.78 is 0. The molecule has 3 amide bonds. The van der Waals surface area contributed by atoms with Crippen LogP contribution < -0.4 is 10.6 Å². The second-order valence-electron chi connectivity index (χ2n) is 9.46. The molecule has 190 valence electrons. The minimum absolute atomic E-state index is 0.0200. The third kappa shape index (κ3) is 4.81. The van der Waals surface area contributed by atoms with Gasteiger partial charge in [0.05, 0.1) is 30.0 Å². The number of anilines is 2. The van der Waals surface area contributed by atoms with E-state index >= 15 is 0 Å². The number of nitrogens with zero attached hydrogens (tertiary/aromatic N) is 4. The fourth-order valence-corrected chi connectivity index (χ4v) is 5.26. The van der Waals surface area contributed by atoms with E-state index in [9.17, 15) is 9.59 Å². The molecule has 1 saturated carbocycles. The molecule has 1 aliphatic heterocycles. The number of amides is 3. The van der Waals surface area contributed by atoms with Crippen molar-refractivity contribution in [3.63, 3.8) is 0 Å². The van der Waals surface area contributed by atoms with Crippen LogP contribution >= 0.6 is 11.3 Å². The second-order valence-corrected chi connectivity index (χ2v) is 10.4. The third-order valence-electron chi connectivity index (χ3n) is 6.74.